The lowest BCUT2D eigenvalue weighted by atomic mass is 10.0. The lowest BCUT2D eigenvalue weighted by Gasteiger charge is -2.16. The molecule has 0 amide bonds. The van der Waals surface area contributed by atoms with Crippen LogP contribution < -0.4 is 9.47 Å². The SMILES string of the molecule is COc1cc(C(O)c2ccc(Cl)cc2F)cc(Cl)c1OC. The van der Waals surface area contributed by atoms with Crippen molar-refractivity contribution in [2.45, 2.75) is 6.10 Å². The number of rotatable bonds is 4. The predicted molar refractivity (Wildman–Crippen MR) is 80.0 cm³/mol. The van der Waals surface area contributed by atoms with E-state index in [1.165, 1.54) is 32.4 Å². The summed E-state index contributed by atoms with van der Waals surface area (Å²) in [5.41, 5.74) is 0.488. The second-order valence-corrected chi connectivity index (χ2v) is 5.15. The maximum atomic E-state index is 13.9. The Morgan fingerprint density at radius 1 is 1.10 bits per heavy atom. The van der Waals surface area contributed by atoms with Gasteiger partial charge in [-0.1, -0.05) is 29.3 Å². The van der Waals surface area contributed by atoms with E-state index < -0.39 is 11.9 Å². The van der Waals surface area contributed by atoms with Crippen LogP contribution in [0.1, 0.15) is 17.2 Å². The van der Waals surface area contributed by atoms with Crippen LogP contribution in [0.3, 0.4) is 0 Å². The Morgan fingerprint density at radius 2 is 1.81 bits per heavy atom. The number of halogens is 3. The molecular formula is C15H13Cl2FO3. The van der Waals surface area contributed by atoms with E-state index in [0.29, 0.717) is 17.1 Å². The van der Waals surface area contributed by atoms with Crippen molar-refractivity contribution in [3.8, 4) is 11.5 Å². The number of ether oxygens (including phenoxy) is 2. The molecule has 0 fully saturated rings. The highest BCUT2D eigenvalue weighted by atomic mass is 35.5. The Morgan fingerprint density at radius 3 is 2.38 bits per heavy atom. The van der Waals surface area contributed by atoms with Gasteiger partial charge in [-0.15, -0.1) is 0 Å². The van der Waals surface area contributed by atoms with E-state index in [9.17, 15) is 9.50 Å². The first kappa shape index (κ1) is 15.9. The molecule has 0 aliphatic carbocycles. The summed E-state index contributed by atoms with van der Waals surface area (Å²) in [4.78, 5) is 0. The highest BCUT2D eigenvalue weighted by Gasteiger charge is 2.19. The van der Waals surface area contributed by atoms with Crippen LogP contribution in [0.2, 0.25) is 10.0 Å². The average molecular weight is 331 g/mol. The van der Waals surface area contributed by atoms with Crippen molar-refractivity contribution in [2.24, 2.45) is 0 Å². The second-order valence-electron chi connectivity index (χ2n) is 4.31. The molecule has 1 unspecified atom stereocenters. The number of aliphatic hydroxyl groups is 1. The van der Waals surface area contributed by atoms with Gasteiger partial charge in [-0.3, -0.25) is 0 Å². The van der Waals surface area contributed by atoms with E-state index in [-0.39, 0.29) is 15.6 Å². The van der Waals surface area contributed by atoms with Crippen molar-refractivity contribution in [2.75, 3.05) is 14.2 Å². The number of benzene rings is 2. The molecule has 0 heterocycles. The van der Waals surface area contributed by atoms with Crippen molar-refractivity contribution in [1.29, 1.82) is 0 Å². The third-order valence-corrected chi connectivity index (χ3v) is 3.54. The summed E-state index contributed by atoms with van der Waals surface area (Å²) < 4.78 is 24.2. The van der Waals surface area contributed by atoms with Gasteiger partial charge in [-0.2, -0.15) is 0 Å². The van der Waals surface area contributed by atoms with Crippen LogP contribution in [0.25, 0.3) is 0 Å². The van der Waals surface area contributed by atoms with Crippen molar-refractivity contribution < 1.29 is 19.0 Å². The zero-order valence-corrected chi connectivity index (χ0v) is 12.9. The number of aliphatic hydroxyl groups excluding tert-OH is 1. The van der Waals surface area contributed by atoms with E-state index in [2.05, 4.69) is 0 Å². The Bertz CT molecular complexity index is 662. The fraction of sp³-hybridized carbons (Fsp3) is 0.200. The molecule has 0 bridgehead atoms. The van der Waals surface area contributed by atoms with Gasteiger partial charge in [-0.25, -0.2) is 4.39 Å². The van der Waals surface area contributed by atoms with E-state index >= 15 is 0 Å². The molecule has 1 atom stereocenters. The fourth-order valence-corrected chi connectivity index (χ4v) is 2.45. The van der Waals surface area contributed by atoms with Gasteiger partial charge in [0.25, 0.3) is 0 Å². The summed E-state index contributed by atoms with van der Waals surface area (Å²) in [6.45, 7) is 0. The van der Waals surface area contributed by atoms with E-state index in [0.717, 1.165) is 6.07 Å². The van der Waals surface area contributed by atoms with Gasteiger partial charge in [0.15, 0.2) is 11.5 Å². The molecule has 112 valence electrons. The minimum atomic E-state index is -1.19. The van der Waals surface area contributed by atoms with Gasteiger partial charge in [0.05, 0.1) is 19.2 Å². The molecular weight excluding hydrogens is 318 g/mol. The van der Waals surface area contributed by atoms with E-state index in [1.54, 1.807) is 6.07 Å². The molecule has 0 saturated heterocycles. The Hall–Kier alpha value is -1.49. The highest BCUT2D eigenvalue weighted by Crippen LogP contribution is 2.39. The van der Waals surface area contributed by atoms with E-state index in [1.807, 2.05) is 0 Å². The van der Waals surface area contributed by atoms with Crippen LogP contribution in [-0.2, 0) is 0 Å². The first-order chi connectivity index (χ1) is 9.97. The van der Waals surface area contributed by atoms with Gasteiger partial charge in [0, 0.05) is 10.6 Å². The molecule has 2 rings (SSSR count). The zero-order valence-electron chi connectivity index (χ0n) is 11.4. The monoisotopic (exact) mass is 330 g/mol. The van der Waals surface area contributed by atoms with Crippen molar-refractivity contribution in [3.05, 3.63) is 57.3 Å². The van der Waals surface area contributed by atoms with Crippen molar-refractivity contribution >= 4 is 23.2 Å². The number of hydrogen-bond donors (Lipinski definition) is 1. The fourth-order valence-electron chi connectivity index (χ4n) is 2.00. The summed E-state index contributed by atoms with van der Waals surface area (Å²) in [5.74, 6) is 0.112. The molecule has 0 aliphatic heterocycles. The van der Waals surface area contributed by atoms with Crippen molar-refractivity contribution in [1.82, 2.24) is 0 Å². The largest absolute Gasteiger partial charge is 0.493 e. The highest BCUT2D eigenvalue weighted by molar-refractivity contribution is 6.32. The average Bonchev–Trinajstić information content (AvgIpc) is 2.45. The standard InChI is InChI=1S/C15H13Cl2FO3/c1-20-13-6-8(5-11(17)15(13)21-2)14(19)10-4-3-9(16)7-12(10)18/h3-7,14,19H,1-2H3. The van der Waals surface area contributed by atoms with Crippen LogP contribution in [0.15, 0.2) is 30.3 Å². The molecule has 0 saturated carbocycles. The van der Waals surface area contributed by atoms with Crippen LogP contribution in [0, 0.1) is 5.82 Å². The minimum Gasteiger partial charge on any atom is -0.493 e. The summed E-state index contributed by atoms with van der Waals surface area (Å²) in [6, 6.07) is 7.12. The number of methoxy groups -OCH3 is 2. The Kier molecular flexibility index (Phi) is 4.93. The van der Waals surface area contributed by atoms with E-state index in [4.69, 9.17) is 32.7 Å². The summed E-state index contributed by atoms with van der Waals surface area (Å²) in [7, 11) is 2.91. The maximum absolute atomic E-state index is 13.9. The minimum absolute atomic E-state index is 0.0997. The maximum Gasteiger partial charge on any atom is 0.179 e. The molecule has 0 aromatic heterocycles. The molecule has 21 heavy (non-hydrogen) atoms. The van der Waals surface area contributed by atoms with Gasteiger partial charge in [-0.05, 0) is 29.8 Å². The summed E-state index contributed by atoms with van der Waals surface area (Å²) >= 11 is 11.8. The molecule has 2 aromatic carbocycles. The number of hydrogen-bond acceptors (Lipinski definition) is 3. The van der Waals surface area contributed by atoms with Crippen molar-refractivity contribution in [3.63, 3.8) is 0 Å². The normalized spacial score (nSPS) is 12.1. The first-order valence-electron chi connectivity index (χ1n) is 6.02. The lowest BCUT2D eigenvalue weighted by Crippen LogP contribution is -2.04. The topological polar surface area (TPSA) is 38.7 Å². The van der Waals surface area contributed by atoms with Gasteiger partial charge < -0.3 is 14.6 Å². The van der Waals surface area contributed by atoms with Crippen LogP contribution >= 0.6 is 23.2 Å². The molecule has 0 spiro atoms. The summed E-state index contributed by atoms with van der Waals surface area (Å²) in [6.07, 6.45) is -1.19. The molecule has 2 aromatic rings. The molecule has 6 heteroatoms. The van der Waals surface area contributed by atoms with Gasteiger partial charge >= 0.3 is 0 Å². The lowest BCUT2D eigenvalue weighted by molar-refractivity contribution is 0.214. The van der Waals surface area contributed by atoms with Crippen LogP contribution in [0.4, 0.5) is 4.39 Å². The quantitative estimate of drug-likeness (QED) is 0.911. The Balaban J connectivity index is 2.48. The zero-order chi connectivity index (χ0) is 15.6. The second kappa shape index (κ2) is 6.52. The molecule has 0 radical (unpaired) electrons. The first-order valence-corrected chi connectivity index (χ1v) is 6.78. The van der Waals surface area contributed by atoms with Gasteiger partial charge in [0.1, 0.15) is 11.9 Å². The third-order valence-electron chi connectivity index (χ3n) is 3.03. The smallest absolute Gasteiger partial charge is 0.179 e. The molecule has 3 nitrogen and oxygen atoms in total. The van der Waals surface area contributed by atoms with Gasteiger partial charge in [0.2, 0.25) is 0 Å². The molecule has 1 N–H and O–H groups in total. The Labute approximate surface area is 131 Å². The van der Waals surface area contributed by atoms with Crippen LogP contribution in [-0.4, -0.2) is 19.3 Å². The predicted octanol–water partition coefficient (Wildman–Crippen LogP) is 4.23. The van der Waals surface area contributed by atoms with Crippen LogP contribution in [0.5, 0.6) is 11.5 Å². The molecule has 0 aliphatic rings. The summed E-state index contributed by atoms with van der Waals surface area (Å²) in [5, 5.41) is 10.9. The third kappa shape index (κ3) is 3.23.